The summed E-state index contributed by atoms with van der Waals surface area (Å²) in [6.07, 6.45) is -5.80. The standard InChI is InChI=1S/C12H13BrF3NO2.C12H16N2O4/c1-11(2,3)19-10(18)17-9-5-7(12(14,15)16)4-8(13)6-9;1-12(2,3)18-11(15)13-8-9-4-6-10(7-5-9)14(16)17/h4-6H,1-3H3,(H,17,18);4-7H,8H2,1-3H3,(H,13,15). The van der Waals surface area contributed by atoms with Crippen molar-refractivity contribution in [3.63, 3.8) is 0 Å². The second kappa shape index (κ2) is 12.7. The van der Waals surface area contributed by atoms with Gasteiger partial charge in [-0.1, -0.05) is 28.1 Å². The summed E-state index contributed by atoms with van der Waals surface area (Å²) in [6.45, 7) is 10.6. The number of nitro benzene ring substituents is 1. The molecule has 13 heteroatoms. The Morgan fingerprint density at radius 2 is 1.43 bits per heavy atom. The lowest BCUT2D eigenvalue weighted by atomic mass is 10.2. The smallest absolute Gasteiger partial charge is 0.416 e. The zero-order valence-corrected chi connectivity index (χ0v) is 22.7. The predicted octanol–water partition coefficient (Wildman–Crippen LogP) is 7.43. The van der Waals surface area contributed by atoms with Gasteiger partial charge in [0.25, 0.3) is 5.69 Å². The number of nitro groups is 1. The SMILES string of the molecule is CC(C)(C)OC(=O)NCc1ccc([N+](=O)[O-])cc1.CC(C)(C)OC(=O)Nc1cc(Br)cc(C(F)(F)F)c1. The minimum absolute atomic E-state index is 0.0101. The molecule has 0 aliphatic carbocycles. The fourth-order valence-electron chi connectivity index (χ4n) is 2.47. The van der Waals surface area contributed by atoms with E-state index in [1.165, 1.54) is 18.2 Å². The Bertz CT molecular complexity index is 1090. The van der Waals surface area contributed by atoms with Gasteiger partial charge >= 0.3 is 18.4 Å². The van der Waals surface area contributed by atoms with E-state index in [0.717, 1.165) is 17.7 Å². The van der Waals surface area contributed by atoms with Gasteiger partial charge in [0.2, 0.25) is 0 Å². The molecule has 0 spiro atoms. The highest BCUT2D eigenvalue weighted by molar-refractivity contribution is 9.10. The number of hydrogen-bond acceptors (Lipinski definition) is 6. The third-order valence-corrected chi connectivity index (χ3v) is 4.31. The average molecular weight is 592 g/mol. The number of amides is 2. The quantitative estimate of drug-likeness (QED) is 0.281. The van der Waals surface area contributed by atoms with Crippen LogP contribution in [-0.4, -0.2) is 28.3 Å². The molecule has 0 aromatic heterocycles. The first-order chi connectivity index (χ1) is 16.7. The Kier molecular flexibility index (Phi) is 10.9. The van der Waals surface area contributed by atoms with Crippen LogP contribution in [0.25, 0.3) is 0 Å². The van der Waals surface area contributed by atoms with Crippen LogP contribution >= 0.6 is 15.9 Å². The van der Waals surface area contributed by atoms with Crippen molar-refractivity contribution >= 4 is 39.5 Å². The van der Waals surface area contributed by atoms with Crippen molar-refractivity contribution in [1.82, 2.24) is 5.32 Å². The highest BCUT2D eigenvalue weighted by Gasteiger charge is 2.31. The third kappa shape index (κ3) is 13.5. The number of rotatable bonds is 4. The van der Waals surface area contributed by atoms with Gasteiger partial charge in [0.1, 0.15) is 11.2 Å². The first-order valence-corrected chi connectivity index (χ1v) is 11.6. The van der Waals surface area contributed by atoms with Crippen molar-refractivity contribution in [3.05, 3.63) is 68.2 Å². The van der Waals surface area contributed by atoms with Crippen molar-refractivity contribution in [1.29, 1.82) is 0 Å². The molecule has 0 atom stereocenters. The van der Waals surface area contributed by atoms with Crippen LogP contribution in [0.5, 0.6) is 0 Å². The monoisotopic (exact) mass is 591 g/mol. The van der Waals surface area contributed by atoms with Crippen molar-refractivity contribution in [3.8, 4) is 0 Å². The van der Waals surface area contributed by atoms with Gasteiger partial charge in [0.15, 0.2) is 0 Å². The summed E-state index contributed by atoms with van der Waals surface area (Å²) >= 11 is 2.96. The highest BCUT2D eigenvalue weighted by atomic mass is 79.9. The van der Waals surface area contributed by atoms with Gasteiger partial charge in [0.05, 0.1) is 10.5 Å². The molecular weight excluding hydrogens is 563 g/mol. The molecule has 0 bridgehead atoms. The molecular formula is C24H29BrF3N3O6. The molecule has 204 valence electrons. The van der Waals surface area contributed by atoms with E-state index < -0.39 is 40.1 Å². The van der Waals surface area contributed by atoms with E-state index in [9.17, 15) is 32.9 Å². The van der Waals surface area contributed by atoms with Crippen molar-refractivity contribution in [2.45, 2.75) is 65.5 Å². The molecule has 2 aromatic carbocycles. The third-order valence-electron chi connectivity index (χ3n) is 3.85. The number of carbonyl (C=O) groups is 2. The molecule has 0 saturated heterocycles. The predicted molar refractivity (Wildman–Crippen MR) is 135 cm³/mol. The number of hydrogen-bond donors (Lipinski definition) is 2. The van der Waals surface area contributed by atoms with Gasteiger partial charge in [-0.15, -0.1) is 0 Å². The summed E-state index contributed by atoms with van der Waals surface area (Å²) in [7, 11) is 0. The van der Waals surface area contributed by atoms with Gasteiger partial charge < -0.3 is 14.8 Å². The highest BCUT2D eigenvalue weighted by Crippen LogP contribution is 2.33. The van der Waals surface area contributed by atoms with Crippen LogP contribution < -0.4 is 10.6 Å². The molecule has 0 saturated carbocycles. The fourth-order valence-corrected chi connectivity index (χ4v) is 2.96. The number of nitrogens with one attached hydrogen (secondary N) is 2. The first-order valence-electron chi connectivity index (χ1n) is 10.8. The fraction of sp³-hybridized carbons (Fsp3) is 0.417. The molecule has 0 fully saturated rings. The molecule has 2 rings (SSSR count). The summed E-state index contributed by atoms with van der Waals surface area (Å²) in [5.41, 5.74) is -1.31. The van der Waals surface area contributed by atoms with Gasteiger partial charge in [-0.3, -0.25) is 15.4 Å². The number of alkyl carbamates (subject to hydrolysis) is 1. The number of halogens is 4. The zero-order chi connectivity index (χ0) is 28.6. The Hall–Kier alpha value is -3.35. The largest absolute Gasteiger partial charge is 0.444 e. The number of alkyl halides is 3. The van der Waals surface area contributed by atoms with Gasteiger partial charge in [0, 0.05) is 28.8 Å². The maximum atomic E-state index is 12.6. The molecule has 2 amide bonds. The maximum absolute atomic E-state index is 12.6. The number of nitrogens with zero attached hydrogens (tertiary/aromatic N) is 1. The summed E-state index contributed by atoms with van der Waals surface area (Å²) in [5.74, 6) is 0. The van der Waals surface area contributed by atoms with Crippen molar-refractivity contribution < 1.29 is 37.2 Å². The van der Waals surface area contributed by atoms with E-state index in [1.54, 1.807) is 53.7 Å². The molecule has 9 nitrogen and oxygen atoms in total. The van der Waals surface area contributed by atoms with Crippen LogP contribution in [0.4, 0.5) is 34.1 Å². The lowest BCUT2D eigenvalue weighted by Gasteiger charge is -2.20. The maximum Gasteiger partial charge on any atom is 0.416 e. The van der Waals surface area contributed by atoms with Crippen LogP contribution in [0.1, 0.15) is 52.7 Å². The molecule has 0 radical (unpaired) electrons. The minimum Gasteiger partial charge on any atom is -0.444 e. The van der Waals surface area contributed by atoms with E-state index in [0.29, 0.717) is 0 Å². The van der Waals surface area contributed by atoms with Gasteiger partial charge in [-0.25, -0.2) is 9.59 Å². The molecule has 0 aliphatic heterocycles. The number of carbonyl (C=O) groups excluding carboxylic acids is 2. The molecule has 0 heterocycles. The van der Waals surface area contributed by atoms with Crippen LogP contribution in [0.3, 0.4) is 0 Å². The molecule has 0 aliphatic rings. The Labute approximate surface area is 221 Å². The second-order valence-corrected chi connectivity index (χ2v) is 10.5. The number of non-ortho nitro benzene ring substituents is 1. The van der Waals surface area contributed by atoms with Crippen LogP contribution in [0.15, 0.2) is 46.9 Å². The summed E-state index contributed by atoms with van der Waals surface area (Å²) in [5, 5.41) is 15.3. The summed E-state index contributed by atoms with van der Waals surface area (Å²) in [6, 6.07) is 9.11. The van der Waals surface area contributed by atoms with E-state index in [4.69, 9.17) is 9.47 Å². The zero-order valence-electron chi connectivity index (χ0n) is 21.2. The van der Waals surface area contributed by atoms with E-state index >= 15 is 0 Å². The molecule has 0 unspecified atom stereocenters. The molecule has 37 heavy (non-hydrogen) atoms. The van der Waals surface area contributed by atoms with Crippen LogP contribution in [0.2, 0.25) is 0 Å². The minimum atomic E-state index is -4.48. The first kappa shape index (κ1) is 31.7. The Balaban J connectivity index is 0.000000371. The van der Waals surface area contributed by atoms with E-state index in [-0.39, 0.29) is 22.4 Å². The summed E-state index contributed by atoms with van der Waals surface area (Å²) < 4.78 is 48.0. The topological polar surface area (TPSA) is 120 Å². The van der Waals surface area contributed by atoms with Crippen LogP contribution in [-0.2, 0) is 22.2 Å². The average Bonchev–Trinajstić information content (AvgIpc) is 2.69. The van der Waals surface area contributed by atoms with Gasteiger partial charge in [-0.2, -0.15) is 13.2 Å². The van der Waals surface area contributed by atoms with Crippen molar-refractivity contribution in [2.24, 2.45) is 0 Å². The normalized spacial score (nSPS) is 11.5. The number of ether oxygens (including phenoxy) is 2. The number of benzene rings is 2. The lowest BCUT2D eigenvalue weighted by molar-refractivity contribution is -0.384. The van der Waals surface area contributed by atoms with Crippen LogP contribution in [0, 0.1) is 10.1 Å². The van der Waals surface area contributed by atoms with E-state index in [2.05, 4.69) is 26.6 Å². The van der Waals surface area contributed by atoms with E-state index in [1.807, 2.05) is 0 Å². The molecule has 2 N–H and O–H groups in total. The Morgan fingerprint density at radius 1 is 0.919 bits per heavy atom. The van der Waals surface area contributed by atoms with Crippen molar-refractivity contribution in [2.75, 3.05) is 5.32 Å². The lowest BCUT2D eigenvalue weighted by Crippen LogP contribution is -2.32. The Morgan fingerprint density at radius 3 is 1.89 bits per heavy atom. The van der Waals surface area contributed by atoms with Gasteiger partial charge in [-0.05, 0) is 65.3 Å². The molecule has 2 aromatic rings. The second-order valence-electron chi connectivity index (χ2n) is 9.63. The summed E-state index contributed by atoms with van der Waals surface area (Å²) in [4.78, 5) is 32.8. The number of anilines is 1.